The number of ether oxygens (including phenoxy) is 1. The molecule has 0 spiro atoms. The number of aryl methyl sites for hydroxylation is 1. The van der Waals surface area contributed by atoms with Crippen molar-refractivity contribution in [2.75, 3.05) is 13.2 Å². The molecule has 0 bridgehead atoms. The quantitative estimate of drug-likeness (QED) is 0.507. The summed E-state index contributed by atoms with van der Waals surface area (Å²) in [6.45, 7) is 6.21. The van der Waals surface area contributed by atoms with Crippen molar-refractivity contribution in [3.63, 3.8) is 0 Å². The number of hydrogen-bond acceptors (Lipinski definition) is 3. The average molecular weight is 479 g/mol. The third kappa shape index (κ3) is 7.13. The molecule has 5 nitrogen and oxygen atoms in total. The Labute approximate surface area is 185 Å². The summed E-state index contributed by atoms with van der Waals surface area (Å²) in [5.41, 5.74) is 1.73. The summed E-state index contributed by atoms with van der Waals surface area (Å²) in [7, 11) is 0. The molecule has 2 rings (SSSR count). The van der Waals surface area contributed by atoms with E-state index >= 15 is 0 Å². The van der Waals surface area contributed by atoms with E-state index in [0.717, 1.165) is 28.4 Å². The van der Waals surface area contributed by atoms with Crippen molar-refractivity contribution in [1.82, 2.24) is 10.2 Å². The molecule has 0 unspecified atom stereocenters. The lowest BCUT2D eigenvalue weighted by Gasteiger charge is -2.28. The molecule has 0 aliphatic rings. The maximum absolute atomic E-state index is 13.2. The van der Waals surface area contributed by atoms with Crippen LogP contribution in [0.3, 0.4) is 0 Å². The van der Waals surface area contributed by atoms with Gasteiger partial charge < -0.3 is 15.0 Å². The minimum atomic E-state index is -0.685. The van der Waals surface area contributed by atoms with E-state index in [4.69, 9.17) is 4.74 Å². The number of rotatable bonds is 10. The zero-order valence-corrected chi connectivity index (χ0v) is 19.2. The van der Waals surface area contributed by atoms with E-state index in [-0.39, 0.29) is 30.8 Å². The van der Waals surface area contributed by atoms with Crippen LogP contribution in [0, 0.1) is 12.7 Å². The largest absolute Gasteiger partial charge is 0.484 e. The highest BCUT2D eigenvalue weighted by molar-refractivity contribution is 9.10. The summed E-state index contributed by atoms with van der Waals surface area (Å²) in [5, 5.41) is 2.86. The number of unbranched alkanes of at least 4 members (excludes halogenated alkanes) is 1. The number of benzene rings is 2. The molecule has 7 heteroatoms. The predicted octanol–water partition coefficient (Wildman–Crippen LogP) is 4.61. The second-order valence-electron chi connectivity index (χ2n) is 7.17. The second kappa shape index (κ2) is 11.7. The van der Waals surface area contributed by atoms with Crippen LogP contribution in [-0.4, -0.2) is 35.9 Å². The lowest BCUT2D eigenvalue weighted by Crippen LogP contribution is -2.49. The van der Waals surface area contributed by atoms with Gasteiger partial charge in [-0.05, 0) is 61.7 Å². The maximum Gasteiger partial charge on any atom is 0.261 e. The molecule has 0 heterocycles. The summed E-state index contributed by atoms with van der Waals surface area (Å²) in [5.74, 6) is -0.321. The fourth-order valence-electron chi connectivity index (χ4n) is 2.84. The first-order valence-corrected chi connectivity index (χ1v) is 10.8. The van der Waals surface area contributed by atoms with Gasteiger partial charge in [-0.1, -0.05) is 41.4 Å². The van der Waals surface area contributed by atoms with Gasteiger partial charge in [0.15, 0.2) is 6.61 Å². The Kier molecular flexibility index (Phi) is 9.30. The van der Waals surface area contributed by atoms with Crippen LogP contribution < -0.4 is 10.1 Å². The normalized spacial score (nSPS) is 11.6. The molecule has 2 aromatic rings. The molecule has 30 heavy (non-hydrogen) atoms. The van der Waals surface area contributed by atoms with Crippen LogP contribution in [0.4, 0.5) is 4.39 Å². The monoisotopic (exact) mass is 478 g/mol. The summed E-state index contributed by atoms with van der Waals surface area (Å²) in [6, 6.07) is 10.7. The smallest absolute Gasteiger partial charge is 0.261 e. The van der Waals surface area contributed by atoms with E-state index < -0.39 is 6.04 Å². The van der Waals surface area contributed by atoms with Crippen LogP contribution >= 0.6 is 15.9 Å². The van der Waals surface area contributed by atoms with Crippen LogP contribution in [-0.2, 0) is 16.1 Å². The molecule has 0 saturated heterocycles. The Morgan fingerprint density at radius 3 is 2.53 bits per heavy atom. The van der Waals surface area contributed by atoms with Crippen molar-refractivity contribution >= 4 is 27.7 Å². The number of nitrogens with one attached hydrogen (secondary N) is 1. The molecule has 2 amide bonds. The first kappa shape index (κ1) is 23.9. The van der Waals surface area contributed by atoms with Gasteiger partial charge in [-0.15, -0.1) is 0 Å². The van der Waals surface area contributed by atoms with E-state index in [1.54, 1.807) is 25.1 Å². The summed E-state index contributed by atoms with van der Waals surface area (Å²) >= 11 is 3.43. The fourth-order valence-corrected chi connectivity index (χ4v) is 3.09. The van der Waals surface area contributed by atoms with Gasteiger partial charge in [0.25, 0.3) is 5.91 Å². The first-order chi connectivity index (χ1) is 14.3. The van der Waals surface area contributed by atoms with Gasteiger partial charge in [0.1, 0.15) is 17.6 Å². The molecule has 0 aliphatic heterocycles. The molecule has 162 valence electrons. The lowest BCUT2D eigenvalue weighted by atomic mass is 10.1. The van der Waals surface area contributed by atoms with E-state index in [2.05, 4.69) is 21.2 Å². The van der Waals surface area contributed by atoms with Crippen molar-refractivity contribution in [2.45, 2.75) is 46.2 Å². The van der Waals surface area contributed by atoms with Crippen LogP contribution in [0.2, 0.25) is 0 Å². The molecule has 0 aliphatic carbocycles. The predicted molar refractivity (Wildman–Crippen MR) is 119 cm³/mol. The molecule has 0 fully saturated rings. The minimum absolute atomic E-state index is 0.185. The Morgan fingerprint density at radius 2 is 1.90 bits per heavy atom. The minimum Gasteiger partial charge on any atom is -0.484 e. The molecule has 2 aromatic carbocycles. The Balaban J connectivity index is 2.11. The van der Waals surface area contributed by atoms with Gasteiger partial charge in [0, 0.05) is 17.6 Å². The van der Waals surface area contributed by atoms with Crippen LogP contribution in [0.1, 0.15) is 37.8 Å². The zero-order chi connectivity index (χ0) is 22.1. The Morgan fingerprint density at radius 1 is 1.20 bits per heavy atom. The van der Waals surface area contributed by atoms with Crippen molar-refractivity contribution in [3.8, 4) is 5.75 Å². The molecule has 0 radical (unpaired) electrons. The third-order valence-corrected chi connectivity index (χ3v) is 5.64. The standard InChI is InChI=1S/C23H28BrFN2O3/c1-4-5-12-26-23(29)17(3)27(14-18-6-8-19(25)9-7-18)22(28)15-30-20-10-11-21(24)16(2)13-20/h6-11,13,17H,4-5,12,14-15H2,1-3H3,(H,26,29)/t17-/m0/s1. The van der Waals surface area contributed by atoms with Crippen LogP contribution in [0.25, 0.3) is 0 Å². The number of hydrogen-bond donors (Lipinski definition) is 1. The second-order valence-corrected chi connectivity index (χ2v) is 8.02. The van der Waals surface area contributed by atoms with E-state index in [9.17, 15) is 14.0 Å². The SMILES string of the molecule is CCCCNC(=O)[C@H](C)N(Cc1ccc(F)cc1)C(=O)COc1ccc(Br)c(C)c1. The average Bonchev–Trinajstić information content (AvgIpc) is 2.73. The number of amides is 2. The number of halogens is 2. The number of nitrogens with zero attached hydrogens (tertiary/aromatic N) is 1. The van der Waals surface area contributed by atoms with Crippen molar-refractivity contribution < 1.29 is 18.7 Å². The zero-order valence-electron chi connectivity index (χ0n) is 17.6. The van der Waals surface area contributed by atoms with Crippen molar-refractivity contribution in [1.29, 1.82) is 0 Å². The highest BCUT2D eigenvalue weighted by Crippen LogP contribution is 2.22. The summed E-state index contributed by atoms with van der Waals surface area (Å²) < 4.78 is 19.9. The van der Waals surface area contributed by atoms with E-state index in [1.807, 2.05) is 26.0 Å². The molecular weight excluding hydrogens is 451 g/mol. The first-order valence-electron chi connectivity index (χ1n) is 10.0. The highest BCUT2D eigenvalue weighted by atomic mass is 79.9. The molecule has 1 N–H and O–H groups in total. The summed E-state index contributed by atoms with van der Waals surface area (Å²) in [6.07, 6.45) is 1.84. The molecule has 0 aromatic heterocycles. The van der Waals surface area contributed by atoms with Gasteiger partial charge in [0.2, 0.25) is 5.91 Å². The Hall–Kier alpha value is -2.41. The number of carbonyl (C=O) groups excluding carboxylic acids is 2. The van der Waals surface area contributed by atoms with Crippen LogP contribution in [0.5, 0.6) is 5.75 Å². The van der Waals surface area contributed by atoms with Gasteiger partial charge in [-0.2, -0.15) is 0 Å². The van der Waals surface area contributed by atoms with Crippen LogP contribution in [0.15, 0.2) is 46.9 Å². The van der Waals surface area contributed by atoms with Gasteiger partial charge in [-0.3, -0.25) is 9.59 Å². The topological polar surface area (TPSA) is 58.6 Å². The van der Waals surface area contributed by atoms with Gasteiger partial charge in [-0.25, -0.2) is 4.39 Å². The third-order valence-electron chi connectivity index (χ3n) is 4.75. The molecular formula is C23H28BrFN2O3. The number of carbonyl (C=O) groups is 2. The Bertz CT molecular complexity index is 858. The van der Waals surface area contributed by atoms with E-state index in [0.29, 0.717) is 12.3 Å². The fraction of sp³-hybridized carbons (Fsp3) is 0.391. The summed E-state index contributed by atoms with van der Waals surface area (Å²) in [4.78, 5) is 27.0. The van der Waals surface area contributed by atoms with Gasteiger partial charge in [0.05, 0.1) is 0 Å². The molecule has 1 atom stereocenters. The van der Waals surface area contributed by atoms with E-state index in [1.165, 1.54) is 17.0 Å². The van der Waals surface area contributed by atoms with Gasteiger partial charge >= 0.3 is 0 Å². The van der Waals surface area contributed by atoms with Crippen molar-refractivity contribution in [3.05, 3.63) is 63.9 Å². The van der Waals surface area contributed by atoms with Crippen molar-refractivity contribution in [2.24, 2.45) is 0 Å². The highest BCUT2D eigenvalue weighted by Gasteiger charge is 2.26. The maximum atomic E-state index is 13.2. The molecule has 0 saturated carbocycles. The lowest BCUT2D eigenvalue weighted by molar-refractivity contribution is -0.142.